The van der Waals surface area contributed by atoms with Gasteiger partial charge in [-0.15, -0.1) is 11.3 Å². The standard InChI is InChI=1S/C17H21N3O3S/c1-8-13-11(20-22)6-17(4,5)7-12(13)23-14(8)15(21)19-16-18-9(2)10(3)24-16/h22H,6-7H2,1-5H3,(H,18,19,21)/b20-11+. The van der Waals surface area contributed by atoms with Crippen molar-refractivity contribution in [3.05, 3.63) is 33.2 Å². The lowest BCUT2D eigenvalue weighted by Crippen LogP contribution is -2.27. The van der Waals surface area contributed by atoms with Crippen molar-refractivity contribution in [3.63, 3.8) is 0 Å². The molecule has 24 heavy (non-hydrogen) atoms. The molecule has 0 aliphatic heterocycles. The minimum Gasteiger partial charge on any atom is -0.455 e. The summed E-state index contributed by atoms with van der Waals surface area (Å²) in [6.07, 6.45) is 1.34. The van der Waals surface area contributed by atoms with Gasteiger partial charge in [0.25, 0.3) is 5.91 Å². The summed E-state index contributed by atoms with van der Waals surface area (Å²) >= 11 is 1.43. The van der Waals surface area contributed by atoms with Crippen LogP contribution in [0.25, 0.3) is 0 Å². The highest BCUT2D eigenvalue weighted by atomic mass is 32.1. The van der Waals surface area contributed by atoms with Crippen molar-refractivity contribution in [1.82, 2.24) is 4.98 Å². The molecule has 0 saturated heterocycles. The summed E-state index contributed by atoms with van der Waals surface area (Å²) in [5.74, 6) is 0.628. The summed E-state index contributed by atoms with van der Waals surface area (Å²) in [7, 11) is 0. The van der Waals surface area contributed by atoms with E-state index in [1.165, 1.54) is 11.3 Å². The number of nitrogens with zero attached hydrogens (tertiary/aromatic N) is 2. The molecule has 1 aliphatic carbocycles. The van der Waals surface area contributed by atoms with E-state index in [0.717, 1.165) is 16.1 Å². The molecule has 0 saturated carbocycles. The maximum Gasteiger partial charge on any atom is 0.293 e. The van der Waals surface area contributed by atoms with Crippen LogP contribution in [0.1, 0.15) is 58.3 Å². The highest BCUT2D eigenvalue weighted by molar-refractivity contribution is 7.15. The minimum atomic E-state index is -0.328. The average molecular weight is 347 g/mol. The lowest BCUT2D eigenvalue weighted by molar-refractivity contribution is 0.0993. The fourth-order valence-electron chi connectivity index (χ4n) is 3.10. The SMILES string of the molecule is Cc1nc(NC(=O)c2oc3c(c2C)/C(=N/O)CC(C)(C)C3)sc1C. The summed E-state index contributed by atoms with van der Waals surface area (Å²) in [4.78, 5) is 18.0. The van der Waals surface area contributed by atoms with E-state index in [2.05, 4.69) is 29.3 Å². The number of fused-ring (bicyclic) bond motifs is 1. The van der Waals surface area contributed by atoms with Gasteiger partial charge in [-0.1, -0.05) is 19.0 Å². The number of rotatable bonds is 2. The second kappa shape index (κ2) is 5.73. The fourth-order valence-corrected chi connectivity index (χ4v) is 3.91. The number of hydrogen-bond donors (Lipinski definition) is 2. The smallest absolute Gasteiger partial charge is 0.293 e. The Balaban J connectivity index is 1.95. The molecular weight excluding hydrogens is 326 g/mol. The van der Waals surface area contributed by atoms with E-state index in [9.17, 15) is 10.0 Å². The molecule has 7 heteroatoms. The number of hydrogen-bond acceptors (Lipinski definition) is 6. The molecule has 0 unspecified atom stereocenters. The Kier molecular flexibility index (Phi) is 3.99. The molecule has 0 spiro atoms. The van der Waals surface area contributed by atoms with Crippen LogP contribution in [-0.4, -0.2) is 21.8 Å². The maximum absolute atomic E-state index is 12.6. The van der Waals surface area contributed by atoms with Crippen LogP contribution in [0.4, 0.5) is 5.13 Å². The maximum atomic E-state index is 12.6. The van der Waals surface area contributed by atoms with Gasteiger partial charge in [-0.25, -0.2) is 4.98 Å². The van der Waals surface area contributed by atoms with Gasteiger partial charge in [-0.3, -0.25) is 10.1 Å². The van der Waals surface area contributed by atoms with E-state index in [1.807, 2.05) is 20.8 Å². The van der Waals surface area contributed by atoms with Crippen LogP contribution in [0.3, 0.4) is 0 Å². The molecule has 128 valence electrons. The van der Waals surface area contributed by atoms with Crippen molar-refractivity contribution in [1.29, 1.82) is 0 Å². The van der Waals surface area contributed by atoms with E-state index in [4.69, 9.17) is 4.42 Å². The molecule has 0 atom stereocenters. The highest BCUT2D eigenvalue weighted by Gasteiger charge is 2.36. The van der Waals surface area contributed by atoms with Gasteiger partial charge in [0, 0.05) is 22.4 Å². The first-order valence-electron chi connectivity index (χ1n) is 7.81. The Hall–Kier alpha value is -2.15. The van der Waals surface area contributed by atoms with Gasteiger partial charge in [0.1, 0.15) is 5.76 Å². The van der Waals surface area contributed by atoms with Crippen molar-refractivity contribution >= 4 is 28.1 Å². The van der Waals surface area contributed by atoms with Crippen molar-refractivity contribution < 1.29 is 14.4 Å². The Labute approximate surface area is 144 Å². The monoisotopic (exact) mass is 347 g/mol. The Morgan fingerprint density at radius 2 is 2.04 bits per heavy atom. The fraction of sp³-hybridized carbons (Fsp3) is 0.471. The van der Waals surface area contributed by atoms with Crippen LogP contribution in [-0.2, 0) is 6.42 Å². The quantitative estimate of drug-likeness (QED) is 0.633. The normalized spacial score (nSPS) is 17.8. The van der Waals surface area contributed by atoms with Crippen LogP contribution >= 0.6 is 11.3 Å². The van der Waals surface area contributed by atoms with Gasteiger partial charge in [0.05, 0.1) is 11.4 Å². The predicted octanol–water partition coefficient (Wildman–Crippen LogP) is 4.06. The van der Waals surface area contributed by atoms with E-state index in [0.29, 0.717) is 35.0 Å². The molecule has 0 radical (unpaired) electrons. The zero-order valence-corrected chi connectivity index (χ0v) is 15.3. The first kappa shape index (κ1) is 16.7. The van der Waals surface area contributed by atoms with Gasteiger partial charge in [-0.2, -0.15) is 0 Å². The second-order valence-corrected chi connectivity index (χ2v) is 8.24. The molecule has 1 amide bonds. The molecular formula is C17H21N3O3S. The van der Waals surface area contributed by atoms with Crippen molar-refractivity contribution in [3.8, 4) is 0 Å². The van der Waals surface area contributed by atoms with Gasteiger partial charge in [0.15, 0.2) is 10.9 Å². The largest absolute Gasteiger partial charge is 0.455 e. The molecule has 6 nitrogen and oxygen atoms in total. The molecule has 2 aromatic rings. The van der Waals surface area contributed by atoms with Gasteiger partial charge < -0.3 is 9.62 Å². The van der Waals surface area contributed by atoms with Crippen molar-refractivity contribution in [2.24, 2.45) is 10.6 Å². The summed E-state index contributed by atoms with van der Waals surface area (Å²) in [5.41, 5.74) is 2.87. The van der Waals surface area contributed by atoms with Crippen LogP contribution in [0.5, 0.6) is 0 Å². The number of furan rings is 1. The van der Waals surface area contributed by atoms with Crippen LogP contribution in [0.2, 0.25) is 0 Å². The summed E-state index contributed by atoms with van der Waals surface area (Å²) in [6.45, 7) is 9.86. The third kappa shape index (κ3) is 2.84. The molecule has 0 aromatic carbocycles. The number of thiazole rings is 1. The number of aryl methyl sites for hydroxylation is 2. The summed E-state index contributed by atoms with van der Waals surface area (Å²) < 4.78 is 5.85. The number of amides is 1. The number of carbonyl (C=O) groups excluding carboxylic acids is 1. The summed E-state index contributed by atoms with van der Waals surface area (Å²) in [5, 5.41) is 16.1. The van der Waals surface area contributed by atoms with Crippen molar-refractivity contribution in [2.75, 3.05) is 5.32 Å². The van der Waals surface area contributed by atoms with Gasteiger partial charge in [0.2, 0.25) is 0 Å². The Bertz CT molecular complexity index is 826. The van der Waals surface area contributed by atoms with Crippen molar-refractivity contribution in [2.45, 2.75) is 47.5 Å². The minimum absolute atomic E-state index is 0.0733. The zero-order chi connectivity index (χ0) is 17.6. The molecule has 1 aliphatic rings. The topological polar surface area (TPSA) is 87.7 Å². The zero-order valence-electron chi connectivity index (χ0n) is 14.5. The van der Waals surface area contributed by atoms with E-state index < -0.39 is 0 Å². The first-order chi connectivity index (χ1) is 11.2. The number of carbonyl (C=O) groups is 1. The third-order valence-electron chi connectivity index (χ3n) is 4.37. The lowest BCUT2D eigenvalue weighted by Gasteiger charge is -2.28. The van der Waals surface area contributed by atoms with E-state index >= 15 is 0 Å². The number of nitrogens with one attached hydrogen (secondary N) is 1. The molecule has 2 heterocycles. The molecule has 3 rings (SSSR count). The van der Waals surface area contributed by atoms with Gasteiger partial charge >= 0.3 is 0 Å². The molecule has 0 fully saturated rings. The summed E-state index contributed by atoms with van der Waals surface area (Å²) in [6, 6.07) is 0. The number of aromatic nitrogens is 1. The molecule has 0 bridgehead atoms. The number of oxime groups is 1. The number of anilines is 1. The Morgan fingerprint density at radius 3 is 2.62 bits per heavy atom. The van der Waals surface area contributed by atoms with Gasteiger partial charge in [-0.05, 0) is 32.6 Å². The molecule has 2 N–H and O–H groups in total. The highest BCUT2D eigenvalue weighted by Crippen LogP contribution is 2.39. The second-order valence-electron chi connectivity index (χ2n) is 7.03. The Morgan fingerprint density at radius 1 is 1.33 bits per heavy atom. The molecule has 2 aromatic heterocycles. The third-order valence-corrected chi connectivity index (χ3v) is 5.36. The van der Waals surface area contributed by atoms with Crippen LogP contribution < -0.4 is 5.32 Å². The van der Waals surface area contributed by atoms with E-state index in [1.54, 1.807) is 0 Å². The predicted molar refractivity (Wildman–Crippen MR) is 93.4 cm³/mol. The van der Waals surface area contributed by atoms with Crippen LogP contribution in [0, 0.1) is 26.2 Å². The van der Waals surface area contributed by atoms with E-state index in [-0.39, 0.29) is 17.1 Å². The van der Waals surface area contributed by atoms with Crippen LogP contribution in [0.15, 0.2) is 9.57 Å². The first-order valence-corrected chi connectivity index (χ1v) is 8.62. The average Bonchev–Trinajstić information content (AvgIpc) is 2.97. The lowest BCUT2D eigenvalue weighted by atomic mass is 9.75.